The van der Waals surface area contributed by atoms with Gasteiger partial charge in [0.1, 0.15) is 11.9 Å². The number of benzene rings is 1. The summed E-state index contributed by atoms with van der Waals surface area (Å²) in [6.45, 7) is 8.10. The third-order valence-corrected chi connectivity index (χ3v) is 3.52. The van der Waals surface area contributed by atoms with Crippen LogP contribution in [0.25, 0.3) is 0 Å². The van der Waals surface area contributed by atoms with E-state index in [2.05, 4.69) is 31.4 Å². The van der Waals surface area contributed by atoms with Gasteiger partial charge in [0.25, 0.3) is 0 Å². The largest absolute Gasteiger partial charge is 0.495 e. The third-order valence-electron chi connectivity index (χ3n) is 3.52. The SMILES string of the molecule is COc1ccccc1NC(C[N+](=O)[O-])NC(C)C(C)(C)C. The molecule has 0 amide bonds. The van der Waals surface area contributed by atoms with Crippen molar-refractivity contribution in [2.75, 3.05) is 19.0 Å². The Morgan fingerprint density at radius 2 is 1.95 bits per heavy atom. The summed E-state index contributed by atoms with van der Waals surface area (Å²) in [5, 5.41) is 17.3. The molecular weight excluding hydrogens is 270 g/mol. The maximum absolute atomic E-state index is 10.9. The predicted octanol–water partition coefficient (Wildman–Crippen LogP) is 2.73. The fraction of sp³-hybridized carbons (Fsp3) is 0.600. The zero-order valence-corrected chi connectivity index (χ0v) is 13.3. The van der Waals surface area contributed by atoms with Crippen molar-refractivity contribution in [2.24, 2.45) is 5.41 Å². The average Bonchev–Trinajstić information content (AvgIpc) is 2.37. The lowest BCUT2D eigenvalue weighted by molar-refractivity contribution is -0.482. The summed E-state index contributed by atoms with van der Waals surface area (Å²) >= 11 is 0. The molecule has 0 aliphatic carbocycles. The zero-order valence-electron chi connectivity index (χ0n) is 13.3. The Kier molecular flexibility index (Phi) is 5.96. The molecule has 1 rings (SSSR count). The lowest BCUT2D eigenvalue weighted by Crippen LogP contribution is -2.50. The Hall–Kier alpha value is -1.82. The maximum Gasteiger partial charge on any atom is 0.236 e. The van der Waals surface area contributed by atoms with Gasteiger partial charge in [-0.05, 0) is 24.5 Å². The minimum absolute atomic E-state index is 0.0112. The molecule has 6 nitrogen and oxygen atoms in total. The lowest BCUT2D eigenvalue weighted by Gasteiger charge is -2.31. The number of nitrogens with one attached hydrogen (secondary N) is 2. The molecule has 0 bridgehead atoms. The number of nitrogens with zero attached hydrogens (tertiary/aromatic N) is 1. The van der Waals surface area contributed by atoms with Crippen LogP contribution in [-0.2, 0) is 0 Å². The second kappa shape index (κ2) is 7.26. The van der Waals surface area contributed by atoms with Gasteiger partial charge in [0.2, 0.25) is 6.54 Å². The molecule has 0 saturated heterocycles. The molecule has 0 saturated carbocycles. The molecule has 2 N–H and O–H groups in total. The standard InChI is InChI=1S/C15H25N3O3/c1-11(15(2,3)4)16-14(10-18(19)20)17-12-8-6-7-9-13(12)21-5/h6-9,11,14,16-17H,10H2,1-5H3. The van der Waals surface area contributed by atoms with Crippen LogP contribution in [0.4, 0.5) is 5.69 Å². The minimum Gasteiger partial charge on any atom is -0.495 e. The van der Waals surface area contributed by atoms with Gasteiger partial charge in [-0.1, -0.05) is 32.9 Å². The second-order valence-electron chi connectivity index (χ2n) is 6.17. The third kappa shape index (κ3) is 5.59. The molecule has 0 spiro atoms. The highest BCUT2D eigenvalue weighted by molar-refractivity contribution is 5.56. The Balaban J connectivity index is 2.85. The fourth-order valence-corrected chi connectivity index (χ4v) is 1.79. The first-order valence-electron chi connectivity index (χ1n) is 7.01. The first-order chi connectivity index (χ1) is 9.74. The van der Waals surface area contributed by atoms with E-state index in [0.29, 0.717) is 5.75 Å². The van der Waals surface area contributed by atoms with Crippen molar-refractivity contribution >= 4 is 5.69 Å². The predicted molar refractivity (Wildman–Crippen MR) is 84.3 cm³/mol. The van der Waals surface area contributed by atoms with Crippen LogP contribution in [-0.4, -0.2) is 30.8 Å². The molecule has 0 heterocycles. The van der Waals surface area contributed by atoms with E-state index in [1.54, 1.807) is 7.11 Å². The molecule has 21 heavy (non-hydrogen) atoms. The van der Waals surface area contributed by atoms with Gasteiger partial charge >= 0.3 is 0 Å². The molecule has 1 aromatic rings. The summed E-state index contributed by atoms with van der Waals surface area (Å²) in [7, 11) is 1.58. The van der Waals surface area contributed by atoms with Crippen molar-refractivity contribution in [3.63, 3.8) is 0 Å². The van der Waals surface area contributed by atoms with Crippen LogP contribution in [0, 0.1) is 15.5 Å². The second-order valence-corrected chi connectivity index (χ2v) is 6.17. The number of methoxy groups -OCH3 is 1. The Bertz CT molecular complexity index is 471. The molecule has 118 valence electrons. The first kappa shape index (κ1) is 17.2. The van der Waals surface area contributed by atoms with Crippen LogP contribution in [0.15, 0.2) is 24.3 Å². The number of hydrogen-bond acceptors (Lipinski definition) is 5. The van der Waals surface area contributed by atoms with Gasteiger partial charge in [-0.2, -0.15) is 0 Å². The summed E-state index contributed by atoms with van der Waals surface area (Å²) in [6.07, 6.45) is -0.467. The maximum atomic E-state index is 10.9. The molecule has 0 aromatic heterocycles. The minimum atomic E-state index is -0.467. The smallest absolute Gasteiger partial charge is 0.236 e. The van der Waals surface area contributed by atoms with Crippen LogP contribution in [0.1, 0.15) is 27.7 Å². The normalized spacial score (nSPS) is 14.3. The van der Waals surface area contributed by atoms with Crippen LogP contribution < -0.4 is 15.4 Å². The van der Waals surface area contributed by atoms with E-state index in [1.807, 2.05) is 31.2 Å². The highest BCUT2D eigenvalue weighted by Crippen LogP contribution is 2.24. The van der Waals surface area contributed by atoms with Crippen molar-refractivity contribution in [3.05, 3.63) is 34.4 Å². The van der Waals surface area contributed by atoms with E-state index in [-0.39, 0.29) is 22.9 Å². The van der Waals surface area contributed by atoms with Crippen LogP contribution in [0.3, 0.4) is 0 Å². The Morgan fingerprint density at radius 3 is 2.48 bits per heavy atom. The lowest BCUT2D eigenvalue weighted by atomic mass is 9.88. The molecule has 1 aromatic carbocycles. The van der Waals surface area contributed by atoms with Crippen LogP contribution in [0.5, 0.6) is 5.75 Å². The van der Waals surface area contributed by atoms with Crippen molar-refractivity contribution < 1.29 is 9.66 Å². The summed E-state index contributed by atoms with van der Waals surface area (Å²) in [5.41, 5.74) is 0.748. The average molecular weight is 295 g/mol. The quantitative estimate of drug-likeness (QED) is 0.459. The molecule has 2 unspecified atom stereocenters. The molecular formula is C15H25N3O3. The van der Waals surface area contributed by atoms with Crippen molar-refractivity contribution in [3.8, 4) is 5.75 Å². The number of ether oxygens (including phenoxy) is 1. The Labute approximate surface area is 126 Å². The van der Waals surface area contributed by atoms with Crippen molar-refractivity contribution in [2.45, 2.75) is 39.9 Å². The molecule has 0 radical (unpaired) electrons. The van der Waals surface area contributed by atoms with Crippen LogP contribution >= 0.6 is 0 Å². The highest BCUT2D eigenvalue weighted by Gasteiger charge is 2.25. The molecule has 6 heteroatoms. The van der Waals surface area contributed by atoms with Gasteiger partial charge in [0.15, 0.2) is 0 Å². The summed E-state index contributed by atoms with van der Waals surface area (Å²) < 4.78 is 5.26. The molecule has 0 aliphatic rings. The summed E-state index contributed by atoms with van der Waals surface area (Å²) in [6, 6.07) is 7.50. The molecule has 2 atom stereocenters. The molecule has 0 fully saturated rings. The topological polar surface area (TPSA) is 76.4 Å². The zero-order chi connectivity index (χ0) is 16.0. The van der Waals surface area contributed by atoms with Gasteiger partial charge in [-0.3, -0.25) is 15.4 Å². The number of para-hydroxylation sites is 2. The van der Waals surface area contributed by atoms with Crippen molar-refractivity contribution in [1.29, 1.82) is 0 Å². The fourth-order valence-electron chi connectivity index (χ4n) is 1.79. The van der Waals surface area contributed by atoms with Gasteiger partial charge in [-0.25, -0.2) is 0 Å². The van der Waals surface area contributed by atoms with E-state index >= 15 is 0 Å². The van der Waals surface area contributed by atoms with Crippen molar-refractivity contribution in [1.82, 2.24) is 5.32 Å². The van der Waals surface area contributed by atoms with Gasteiger partial charge in [0, 0.05) is 11.0 Å². The number of hydrogen-bond donors (Lipinski definition) is 2. The van der Waals surface area contributed by atoms with E-state index in [9.17, 15) is 10.1 Å². The number of nitro groups is 1. The van der Waals surface area contributed by atoms with Crippen LogP contribution in [0.2, 0.25) is 0 Å². The number of anilines is 1. The van der Waals surface area contributed by atoms with Gasteiger partial charge < -0.3 is 10.1 Å². The number of rotatable bonds is 7. The highest BCUT2D eigenvalue weighted by atomic mass is 16.6. The summed E-state index contributed by atoms with van der Waals surface area (Å²) in [5.74, 6) is 0.663. The Morgan fingerprint density at radius 1 is 1.33 bits per heavy atom. The van der Waals surface area contributed by atoms with Gasteiger partial charge in [0.05, 0.1) is 12.8 Å². The summed E-state index contributed by atoms with van der Waals surface area (Å²) in [4.78, 5) is 10.6. The first-order valence-corrected chi connectivity index (χ1v) is 7.01. The van der Waals surface area contributed by atoms with Gasteiger partial charge in [-0.15, -0.1) is 0 Å². The van der Waals surface area contributed by atoms with E-state index in [4.69, 9.17) is 4.74 Å². The monoisotopic (exact) mass is 295 g/mol. The van der Waals surface area contributed by atoms with E-state index in [0.717, 1.165) is 5.69 Å². The van der Waals surface area contributed by atoms with E-state index < -0.39 is 6.17 Å². The van der Waals surface area contributed by atoms with E-state index in [1.165, 1.54) is 0 Å². The molecule has 0 aliphatic heterocycles.